The van der Waals surface area contributed by atoms with Crippen molar-refractivity contribution in [1.29, 1.82) is 5.26 Å². The molecular weight excluding hydrogens is 344 g/mol. The molecule has 0 radical (unpaired) electrons. The highest BCUT2D eigenvalue weighted by atomic mass is 32.1. The Kier molecular flexibility index (Phi) is 5.04. The van der Waals surface area contributed by atoms with Gasteiger partial charge >= 0.3 is 0 Å². The molecule has 0 bridgehead atoms. The first-order valence-corrected chi connectivity index (χ1v) is 8.94. The third-order valence-electron chi connectivity index (χ3n) is 4.48. The van der Waals surface area contributed by atoms with Gasteiger partial charge in [-0.2, -0.15) is 5.26 Å². The SMILES string of the molecule is Cn1cc(S)c(C(=O)c2cc(C(C)(C)C)c(O)c(C(C)(C)C)c2)c1C#N. The van der Waals surface area contributed by atoms with Gasteiger partial charge in [0.05, 0.1) is 5.56 Å². The molecule has 0 aliphatic carbocycles. The van der Waals surface area contributed by atoms with Crippen LogP contribution >= 0.6 is 12.6 Å². The Bertz CT molecular complexity index is 884. The van der Waals surface area contributed by atoms with Gasteiger partial charge in [-0.1, -0.05) is 41.5 Å². The first kappa shape index (κ1) is 20.1. The second-order valence-corrected chi connectivity index (χ2v) is 9.19. The Balaban J connectivity index is 2.79. The number of carbonyl (C=O) groups excluding carboxylic acids is 1. The van der Waals surface area contributed by atoms with Gasteiger partial charge in [0, 0.05) is 34.8 Å². The van der Waals surface area contributed by atoms with E-state index in [4.69, 9.17) is 0 Å². The van der Waals surface area contributed by atoms with Crippen molar-refractivity contribution in [3.63, 3.8) is 0 Å². The van der Waals surface area contributed by atoms with Crippen molar-refractivity contribution in [2.45, 2.75) is 57.3 Å². The van der Waals surface area contributed by atoms with Crippen molar-refractivity contribution < 1.29 is 9.90 Å². The number of nitriles is 1. The summed E-state index contributed by atoms with van der Waals surface area (Å²) in [5.41, 5.74) is 1.78. The number of ketones is 1. The molecule has 0 amide bonds. The summed E-state index contributed by atoms with van der Waals surface area (Å²) in [6.07, 6.45) is 1.66. The van der Waals surface area contributed by atoms with E-state index >= 15 is 0 Å². The van der Waals surface area contributed by atoms with Crippen molar-refractivity contribution in [2.75, 3.05) is 0 Å². The van der Waals surface area contributed by atoms with E-state index in [1.165, 1.54) is 0 Å². The number of hydrogen-bond acceptors (Lipinski definition) is 4. The molecule has 1 aromatic carbocycles. The number of hydrogen-bond donors (Lipinski definition) is 2. The summed E-state index contributed by atoms with van der Waals surface area (Å²) in [5.74, 6) is -0.0376. The predicted molar refractivity (Wildman–Crippen MR) is 106 cm³/mol. The fraction of sp³-hybridized carbons (Fsp3) is 0.429. The lowest BCUT2D eigenvalue weighted by atomic mass is 9.77. The summed E-state index contributed by atoms with van der Waals surface area (Å²) in [5, 5.41) is 20.2. The molecule has 0 aliphatic heterocycles. The molecule has 5 heteroatoms. The van der Waals surface area contributed by atoms with Crippen LogP contribution in [0.5, 0.6) is 5.75 Å². The second-order valence-electron chi connectivity index (χ2n) is 8.71. The summed E-state index contributed by atoms with van der Waals surface area (Å²) in [6, 6.07) is 5.54. The van der Waals surface area contributed by atoms with E-state index in [2.05, 4.69) is 18.7 Å². The molecule has 138 valence electrons. The zero-order valence-electron chi connectivity index (χ0n) is 16.4. The number of aromatic nitrogens is 1. The Morgan fingerprint density at radius 2 is 1.58 bits per heavy atom. The maximum absolute atomic E-state index is 13.2. The molecule has 0 saturated heterocycles. The predicted octanol–water partition coefficient (Wildman–Crippen LogP) is 4.72. The zero-order valence-corrected chi connectivity index (χ0v) is 17.3. The molecule has 1 heterocycles. The standard InChI is InChI=1S/C21H26N2O2S/c1-20(2,3)13-8-12(9-14(19(13)25)21(4,5)6)18(24)17-15(10-22)23(7)11-16(17)26/h8-9,11,25-26H,1-7H3. The number of nitrogens with zero attached hydrogens (tertiary/aromatic N) is 2. The van der Waals surface area contributed by atoms with Crippen LogP contribution in [0.1, 0.15) is 74.3 Å². The van der Waals surface area contributed by atoms with Gasteiger partial charge in [0.1, 0.15) is 17.5 Å². The number of benzene rings is 1. The first-order valence-electron chi connectivity index (χ1n) is 8.50. The highest BCUT2D eigenvalue weighted by Gasteiger charge is 2.29. The molecule has 1 N–H and O–H groups in total. The molecule has 0 aliphatic rings. The van der Waals surface area contributed by atoms with Crippen molar-refractivity contribution in [2.24, 2.45) is 7.05 Å². The van der Waals surface area contributed by atoms with Crippen molar-refractivity contribution in [3.05, 3.63) is 46.3 Å². The molecule has 0 atom stereocenters. The van der Waals surface area contributed by atoms with Crippen LogP contribution in [-0.2, 0) is 17.9 Å². The summed E-state index contributed by atoms with van der Waals surface area (Å²) in [7, 11) is 1.72. The molecule has 0 saturated carbocycles. The Morgan fingerprint density at radius 1 is 1.12 bits per heavy atom. The van der Waals surface area contributed by atoms with E-state index in [9.17, 15) is 15.2 Å². The smallest absolute Gasteiger partial charge is 0.197 e. The van der Waals surface area contributed by atoms with E-state index < -0.39 is 0 Å². The van der Waals surface area contributed by atoms with Crippen LogP contribution < -0.4 is 0 Å². The fourth-order valence-electron chi connectivity index (χ4n) is 3.02. The molecule has 0 spiro atoms. The minimum atomic E-state index is -0.334. The fourth-order valence-corrected chi connectivity index (χ4v) is 3.40. The van der Waals surface area contributed by atoms with Crippen LogP contribution in [0.25, 0.3) is 0 Å². The monoisotopic (exact) mass is 370 g/mol. The van der Waals surface area contributed by atoms with Crippen molar-refractivity contribution in [3.8, 4) is 11.8 Å². The zero-order chi connectivity index (χ0) is 20.0. The lowest BCUT2D eigenvalue weighted by Crippen LogP contribution is -2.19. The number of thiol groups is 1. The topological polar surface area (TPSA) is 66.0 Å². The van der Waals surface area contributed by atoms with E-state index in [0.717, 1.165) is 0 Å². The number of carbonyl (C=O) groups is 1. The van der Waals surface area contributed by atoms with Crippen LogP contribution in [0, 0.1) is 11.3 Å². The quantitative estimate of drug-likeness (QED) is 0.594. The Hall–Kier alpha value is -2.19. The maximum Gasteiger partial charge on any atom is 0.197 e. The molecule has 4 nitrogen and oxygen atoms in total. The summed E-state index contributed by atoms with van der Waals surface area (Å²) < 4.78 is 1.60. The normalized spacial score (nSPS) is 12.1. The van der Waals surface area contributed by atoms with Gasteiger partial charge in [-0.05, 0) is 23.0 Å². The number of phenolic OH excluding ortho intramolecular Hbond substituents is 1. The average Bonchev–Trinajstić information content (AvgIpc) is 2.77. The Labute approximate surface area is 160 Å². The van der Waals surface area contributed by atoms with E-state index in [1.807, 2.05) is 41.5 Å². The maximum atomic E-state index is 13.2. The second kappa shape index (κ2) is 6.51. The van der Waals surface area contributed by atoms with Gasteiger partial charge in [0.2, 0.25) is 0 Å². The van der Waals surface area contributed by atoms with Crippen molar-refractivity contribution >= 4 is 18.4 Å². The molecule has 26 heavy (non-hydrogen) atoms. The highest BCUT2D eigenvalue weighted by molar-refractivity contribution is 7.80. The lowest BCUT2D eigenvalue weighted by Gasteiger charge is -2.28. The van der Waals surface area contributed by atoms with E-state index in [0.29, 0.717) is 27.1 Å². The average molecular weight is 371 g/mol. The molecule has 1 aromatic heterocycles. The number of phenols is 1. The van der Waals surface area contributed by atoms with Crippen LogP contribution in [-0.4, -0.2) is 15.5 Å². The van der Waals surface area contributed by atoms with Gasteiger partial charge in [0.25, 0.3) is 0 Å². The number of aryl methyl sites for hydroxylation is 1. The largest absolute Gasteiger partial charge is 0.507 e. The van der Waals surface area contributed by atoms with E-state index in [-0.39, 0.29) is 28.1 Å². The van der Waals surface area contributed by atoms with Gasteiger partial charge < -0.3 is 9.67 Å². The summed E-state index contributed by atoms with van der Waals surface area (Å²) >= 11 is 4.38. The molecule has 0 fully saturated rings. The minimum absolute atomic E-state index is 0.223. The number of rotatable bonds is 2. The Morgan fingerprint density at radius 3 is 1.96 bits per heavy atom. The van der Waals surface area contributed by atoms with Crippen molar-refractivity contribution in [1.82, 2.24) is 4.57 Å². The summed E-state index contributed by atoms with van der Waals surface area (Å²) in [4.78, 5) is 13.7. The molecule has 0 unspecified atom stereocenters. The number of aromatic hydroxyl groups is 1. The molecule has 2 aromatic rings. The van der Waals surface area contributed by atoms with Crippen LogP contribution in [0.3, 0.4) is 0 Å². The highest BCUT2D eigenvalue weighted by Crippen LogP contribution is 2.40. The van der Waals surface area contributed by atoms with Gasteiger partial charge in [-0.15, -0.1) is 12.6 Å². The molecular formula is C21H26N2O2S. The van der Waals surface area contributed by atoms with Gasteiger partial charge in [-0.25, -0.2) is 0 Å². The van der Waals surface area contributed by atoms with Gasteiger partial charge in [-0.3, -0.25) is 4.79 Å². The van der Waals surface area contributed by atoms with Crippen LogP contribution in [0.4, 0.5) is 0 Å². The molecule has 2 rings (SSSR count). The van der Waals surface area contributed by atoms with Crippen LogP contribution in [0.15, 0.2) is 23.2 Å². The lowest BCUT2D eigenvalue weighted by molar-refractivity contribution is 0.103. The van der Waals surface area contributed by atoms with E-state index in [1.54, 1.807) is 29.9 Å². The van der Waals surface area contributed by atoms with Crippen LogP contribution in [0.2, 0.25) is 0 Å². The van der Waals surface area contributed by atoms with Gasteiger partial charge in [0.15, 0.2) is 5.78 Å². The summed E-state index contributed by atoms with van der Waals surface area (Å²) in [6.45, 7) is 12.0. The third-order valence-corrected chi connectivity index (χ3v) is 4.82. The third kappa shape index (κ3) is 3.52. The minimum Gasteiger partial charge on any atom is -0.507 e. The first-order chi connectivity index (χ1) is 11.8.